The van der Waals surface area contributed by atoms with Crippen LogP contribution in [0, 0.1) is 17.2 Å². The molecule has 124 valence electrons. The number of nitriles is 1. The molecule has 1 aliphatic carbocycles. The number of rotatable bonds is 5. The summed E-state index contributed by atoms with van der Waals surface area (Å²) in [5.74, 6) is 0.839. The van der Waals surface area contributed by atoms with Gasteiger partial charge in [-0.15, -0.1) is 10.2 Å². The average molecular weight is 349 g/mol. The third kappa shape index (κ3) is 3.29. The van der Waals surface area contributed by atoms with Gasteiger partial charge in [0, 0.05) is 22.5 Å². The highest BCUT2D eigenvalue weighted by Crippen LogP contribution is 2.34. The van der Waals surface area contributed by atoms with Crippen molar-refractivity contribution in [3.05, 3.63) is 53.2 Å². The molecule has 4 rings (SSSR count). The summed E-state index contributed by atoms with van der Waals surface area (Å²) >= 11 is 6.30. The smallest absolute Gasteiger partial charge is 0.186 e. The fraction of sp³-hybridized carbons (Fsp3) is 0.250. The Labute approximate surface area is 151 Å². The Morgan fingerprint density at radius 1 is 1.16 bits per heavy atom. The van der Waals surface area contributed by atoms with Crippen molar-refractivity contribution in [3.8, 4) is 17.2 Å². The molecule has 0 unspecified atom stereocenters. The van der Waals surface area contributed by atoms with Crippen molar-refractivity contribution in [1.82, 2.24) is 10.2 Å². The van der Waals surface area contributed by atoms with E-state index in [1.54, 1.807) is 0 Å². The molecule has 1 heterocycles. The molecule has 0 amide bonds. The third-order valence-corrected chi connectivity index (χ3v) is 4.93. The summed E-state index contributed by atoms with van der Waals surface area (Å²) in [5.41, 5.74) is 3.82. The highest BCUT2D eigenvalue weighted by atomic mass is 35.5. The predicted octanol–water partition coefficient (Wildman–Crippen LogP) is 5.03. The molecule has 1 saturated carbocycles. The van der Waals surface area contributed by atoms with E-state index in [-0.39, 0.29) is 0 Å². The molecule has 1 aliphatic rings. The van der Waals surface area contributed by atoms with Crippen molar-refractivity contribution < 1.29 is 0 Å². The minimum atomic E-state index is 0.341. The molecule has 0 saturated heterocycles. The molecule has 0 radical (unpaired) electrons. The maximum absolute atomic E-state index is 9.36. The Kier molecular flexibility index (Phi) is 4.25. The topological polar surface area (TPSA) is 61.6 Å². The summed E-state index contributed by atoms with van der Waals surface area (Å²) in [5, 5.41) is 22.7. The number of hydrogen-bond acceptors (Lipinski definition) is 4. The largest absolute Gasteiger partial charge is 0.382 e. The lowest BCUT2D eigenvalue weighted by molar-refractivity contribution is 0.760. The van der Waals surface area contributed by atoms with Crippen LogP contribution in [0.3, 0.4) is 0 Å². The Bertz CT molecular complexity index is 973. The van der Waals surface area contributed by atoms with Crippen molar-refractivity contribution in [2.24, 2.45) is 5.92 Å². The molecule has 0 spiro atoms. The van der Waals surface area contributed by atoms with E-state index in [1.807, 2.05) is 42.5 Å². The number of halogens is 1. The number of benzene rings is 2. The molecule has 5 heteroatoms. The van der Waals surface area contributed by atoms with E-state index >= 15 is 0 Å². The highest BCUT2D eigenvalue weighted by Gasteiger charge is 2.21. The van der Waals surface area contributed by atoms with Gasteiger partial charge in [-0.3, -0.25) is 0 Å². The lowest BCUT2D eigenvalue weighted by atomic mass is 10.0. The van der Waals surface area contributed by atoms with Crippen molar-refractivity contribution in [3.63, 3.8) is 0 Å². The van der Waals surface area contributed by atoms with E-state index in [9.17, 15) is 5.26 Å². The zero-order valence-corrected chi connectivity index (χ0v) is 14.4. The number of nitrogens with one attached hydrogen (secondary N) is 1. The van der Waals surface area contributed by atoms with E-state index < -0.39 is 0 Å². The summed E-state index contributed by atoms with van der Waals surface area (Å²) < 4.78 is 0. The van der Waals surface area contributed by atoms with Crippen LogP contribution in [-0.2, 0) is 0 Å². The van der Waals surface area contributed by atoms with Crippen LogP contribution < -0.4 is 5.32 Å². The van der Waals surface area contributed by atoms with Gasteiger partial charge in [-0.2, -0.15) is 5.26 Å². The van der Waals surface area contributed by atoms with Crippen LogP contribution in [-0.4, -0.2) is 16.7 Å². The van der Waals surface area contributed by atoms with Gasteiger partial charge in [0.2, 0.25) is 0 Å². The summed E-state index contributed by atoms with van der Waals surface area (Å²) in [4.78, 5) is 0. The molecular weight excluding hydrogens is 332 g/mol. The molecule has 3 aromatic rings. The van der Waals surface area contributed by atoms with E-state index in [2.05, 4.69) is 21.6 Å². The first-order chi connectivity index (χ1) is 12.3. The van der Waals surface area contributed by atoms with Gasteiger partial charge in [0.25, 0.3) is 0 Å². The van der Waals surface area contributed by atoms with Gasteiger partial charge in [-0.25, -0.2) is 0 Å². The zero-order chi connectivity index (χ0) is 17.2. The van der Waals surface area contributed by atoms with E-state index in [1.165, 1.54) is 12.8 Å². The fourth-order valence-corrected chi connectivity index (χ4v) is 3.28. The van der Waals surface area contributed by atoms with Crippen LogP contribution in [0.4, 0.5) is 5.69 Å². The van der Waals surface area contributed by atoms with Gasteiger partial charge in [-0.1, -0.05) is 48.7 Å². The first-order valence-corrected chi connectivity index (χ1v) is 8.83. The van der Waals surface area contributed by atoms with Crippen LogP contribution in [0.5, 0.6) is 0 Å². The zero-order valence-electron chi connectivity index (χ0n) is 13.7. The molecule has 1 fully saturated rings. The van der Waals surface area contributed by atoms with Crippen LogP contribution >= 0.6 is 11.6 Å². The Morgan fingerprint density at radius 2 is 2.00 bits per heavy atom. The first-order valence-electron chi connectivity index (χ1n) is 8.45. The Morgan fingerprint density at radius 3 is 2.76 bits per heavy atom. The van der Waals surface area contributed by atoms with E-state index in [0.717, 1.165) is 46.6 Å². The molecule has 1 N–H and O–H groups in total. The van der Waals surface area contributed by atoms with Crippen LogP contribution in [0.1, 0.15) is 25.0 Å². The Hall–Kier alpha value is -2.64. The summed E-state index contributed by atoms with van der Waals surface area (Å²) in [6, 6.07) is 15.8. The predicted molar refractivity (Wildman–Crippen MR) is 101 cm³/mol. The van der Waals surface area contributed by atoms with Gasteiger partial charge >= 0.3 is 0 Å². The van der Waals surface area contributed by atoms with Gasteiger partial charge in [0.05, 0.1) is 11.2 Å². The normalized spacial score (nSPS) is 13.6. The first kappa shape index (κ1) is 15.9. The standard InChI is InChI=1S/C20H17ClN4/c21-17-4-2-1-3-15(17)14-7-8-16-18(11-14)24-25-19(12-22)20(16)23-10-9-13-5-6-13/h1-4,7-8,11,13H,5-6,9-10H2,(H,23,24). The summed E-state index contributed by atoms with van der Waals surface area (Å²) in [7, 11) is 0. The third-order valence-electron chi connectivity index (χ3n) is 4.60. The summed E-state index contributed by atoms with van der Waals surface area (Å²) in [6.45, 7) is 0.854. The maximum Gasteiger partial charge on any atom is 0.186 e. The van der Waals surface area contributed by atoms with Crippen molar-refractivity contribution >= 4 is 28.2 Å². The van der Waals surface area contributed by atoms with Crippen molar-refractivity contribution in [2.75, 3.05) is 11.9 Å². The average Bonchev–Trinajstić information content (AvgIpc) is 3.46. The van der Waals surface area contributed by atoms with Gasteiger partial charge < -0.3 is 5.32 Å². The van der Waals surface area contributed by atoms with Gasteiger partial charge in [0.1, 0.15) is 6.07 Å². The highest BCUT2D eigenvalue weighted by molar-refractivity contribution is 6.33. The summed E-state index contributed by atoms with van der Waals surface area (Å²) in [6.07, 6.45) is 3.78. The lowest BCUT2D eigenvalue weighted by Gasteiger charge is -2.11. The second kappa shape index (κ2) is 6.70. The molecule has 2 aromatic carbocycles. The minimum Gasteiger partial charge on any atom is -0.382 e. The van der Waals surface area contributed by atoms with Crippen molar-refractivity contribution in [2.45, 2.75) is 19.3 Å². The van der Waals surface area contributed by atoms with Crippen LogP contribution in [0.2, 0.25) is 5.02 Å². The SMILES string of the molecule is N#Cc1nnc2cc(-c3ccccc3Cl)ccc2c1NCCC1CC1. The number of aromatic nitrogens is 2. The monoisotopic (exact) mass is 348 g/mol. The van der Waals surface area contributed by atoms with Crippen LogP contribution in [0.25, 0.3) is 22.0 Å². The molecule has 0 aliphatic heterocycles. The van der Waals surface area contributed by atoms with Gasteiger partial charge in [0.15, 0.2) is 5.69 Å². The number of anilines is 1. The molecule has 0 bridgehead atoms. The number of fused-ring (bicyclic) bond motifs is 1. The fourth-order valence-electron chi connectivity index (χ4n) is 3.04. The molecule has 1 aromatic heterocycles. The minimum absolute atomic E-state index is 0.341. The van der Waals surface area contributed by atoms with E-state index in [0.29, 0.717) is 10.7 Å². The van der Waals surface area contributed by atoms with Crippen LogP contribution in [0.15, 0.2) is 42.5 Å². The van der Waals surface area contributed by atoms with E-state index in [4.69, 9.17) is 11.6 Å². The Balaban J connectivity index is 1.73. The number of hydrogen-bond donors (Lipinski definition) is 1. The maximum atomic E-state index is 9.36. The second-order valence-electron chi connectivity index (χ2n) is 6.41. The van der Waals surface area contributed by atoms with Crippen molar-refractivity contribution in [1.29, 1.82) is 5.26 Å². The lowest BCUT2D eigenvalue weighted by Crippen LogP contribution is -2.07. The van der Waals surface area contributed by atoms with Gasteiger partial charge in [-0.05, 0) is 36.1 Å². The molecule has 4 nitrogen and oxygen atoms in total. The second-order valence-corrected chi connectivity index (χ2v) is 6.81. The molecular formula is C20H17ClN4. The molecule has 0 atom stereocenters. The number of nitrogens with zero attached hydrogens (tertiary/aromatic N) is 3. The quantitative estimate of drug-likeness (QED) is 0.702. The molecule has 25 heavy (non-hydrogen) atoms.